The largest absolute Gasteiger partial charge is 0.459 e. The smallest absolute Gasteiger partial charge is 0.324 e. The summed E-state index contributed by atoms with van der Waals surface area (Å²) in [6.07, 6.45) is 5.67. The number of carbonyl (C=O) groups is 1. The Bertz CT molecular complexity index is 636. The number of esters is 1. The number of rotatable bonds is 4. The molecule has 0 aromatic heterocycles. The fraction of sp³-hybridized carbons (Fsp3) is 0.682. The minimum absolute atomic E-state index is 0.0932. The van der Waals surface area contributed by atoms with Crippen molar-refractivity contribution in [2.24, 2.45) is 0 Å². The van der Waals surface area contributed by atoms with Crippen LogP contribution in [0.4, 0.5) is 0 Å². The van der Waals surface area contributed by atoms with Gasteiger partial charge in [0.15, 0.2) is 0 Å². The van der Waals surface area contributed by atoms with Crippen LogP contribution in [0, 0.1) is 0 Å². The van der Waals surface area contributed by atoms with E-state index >= 15 is 0 Å². The van der Waals surface area contributed by atoms with Crippen molar-refractivity contribution < 1.29 is 9.53 Å². The van der Waals surface area contributed by atoms with Crippen LogP contribution in [0.15, 0.2) is 18.2 Å². The minimum atomic E-state index is -0.454. The van der Waals surface area contributed by atoms with E-state index in [1.54, 1.807) is 0 Å². The highest BCUT2D eigenvalue weighted by molar-refractivity contribution is 5.76. The molecule has 3 rings (SSSR count). The molecule has 4 heteroatoms. The van der Waals surface area contributed by atoms with Gasteiger partial charge in [-0.05, 0) is 76.5 Å². The Morgan fingerprint density at radius 2 is 2.00 bits per heavy atom. The van der Waals surface area contributed by atoms with Gasteiger partial charge in [0.1, 0.15) is 11.6 Å². The molecule has 0 spiro atoms. The molecule has 1 heterocycles. The van der Waals surface area contributed by atoms with Crippen LogP contribution in [-0.4, -0.2) is 48.2 Å². The van der Waals surface area contributed by atoms with Gasteiger partial charge in [0, 0.05) is 25.7 Å². The zero-order valence-electron chi connectivity index (χ0n) is 16.8. The third-order valence-corrected chi connectivity index (χ3v) is 5.36. The lowest BCUT2D eigenvalue weighted by atomic mass is 9.89. The second kappa shape index (κ2) is 8.10. The van der Waals surface area contributed by atoms with Crippen LogP contribution in [0.1, 0.15) is 57.2 Å². The van der Waals surface area contributed by atoms with Crippen LogP contribution < -0.4 is 5.32 Å². The number of aryl methyl sites for hydroxylation is 2. The molecule has 0 radical (unpaired) electrons. The molecule has 2 aliphatic rings. The summed E-state index contributed by atoms with van der Waals surface area (Å²) in [6.45, 7) is 10.7. The lowest BCUT2D eigenvalue weighted by Gasteiger charge is -2.37. The molecule has 26 heavy (non-hydrogen) atoms. The summed E-state index contributed by atoms with van der Waals surface area (Å²) in [7, 11) is 0. The number of nitrogens with zero attached hydrogens (tertiary/aromatic N) is 1. The van der Waals surface area contributed by atoms with Gasteiger partial charge in [-0.2, -0.15) is 0 Å². The first-order valence-electron chi connectivity index (χ1n) is 10.1. The van der Waals surface area contributed by atoms with Gasteiger partial charge in [-0.1, -0.05) is 18.2 Å². The monoisotopic (exact) mass is 358 g/mol. The number of nitrogens with one attached hydrogen (secondary N) is 1. The predicted octanol–water partition coefficient (Wildman–Crippen LogP) is 3.11. The summed E-state index contributed by atoms with van der Waals surface area (Å²) in [5, 5.41) is 3.46. The highest BCUT2D eigenvalue weighted by Gasteiger charge is 2.32. The van der Waals surface area contributed by atoms with E-state index in [1.165, 1.54) is 42.4 Å². The minimum Gasteiger partial charge on any atom is -0.459 e. The summed E-state index contributed by atoms with van der Waals surface area (Å²) < 4.78 is 5.77. The van der Waals surface area contributed by atoms with Gasteiger partial charge < -0.3 is 10.1 Å². The Morgan fingerprint density at radius 1 is 1.27 bits per heavy atom. The van der Waals surface area contributed by atoms with E-state index in [9.17, 15) is 4.79 Å². The van der Waals surface area contributed by atoms with Gasteiger partial charge in [0.05, 0.1) is 0 Å². The maximum Gasteiger partial charge on any atom is 0.324 e. The van der Waals surface area contributed by atoms with E-state index in [0.717, 1.165) is 26.1 Å². The molecule has 1 unspecified atom stereocenters. The van der Waals surface area contributed by atoms with E-state index in [4.69, 9.17) is 4.74 Å². The van der Waals surface area contributed by atoms with Crippen LogP contribution in [0.2, 0.25) is 0 Å². The Labute approximate surface area is 158 Å². The zero-order chi connectivity index (χ0) is 18.7. The lowest BCUT2D eigenvalue weighted by Crippen LogP contribution is -2.56. The standard InChI is InChI=1S/C22H34N2O2/c1-16-15-24(12-11-23-16)20(21(25)26-22(2,3)4)14-17-9-10-18-7-5-6-8-19(18)13-17/h9-10,13,16,20,23H,5-8,11-12,14-15H2,1-4H3/t16?,20-/m0/s1. The second-order valence-corrected chi connectivity index (χ2v) is 8.91. The maximum absolute atomic E-state index is 13.0. The molecule has 0 saturated carbocycles. The molecular formula is C22H34N2O2. The zero-order valence-corrected chi connectivity index (χ0v) is 16.8. The third-order valence-electron chi connectivity index (χ3n) is 5.36. The number of piperazine rings is 1. The molecule has 1 aromatic rings. The van der Waals surface area contributed by atoms with Gasteiger partial charge in [-0.15, -0.1) is 0 Å². The van der Waals surface area contributed by atoms with Crippen molar-refractivity contribution in [2.45, 2.75) is 77.5 Å². The van der Waals surface area contributed by atoms with Gasteiger partial charge in [0.2, 0.25) is 0 Å². The fourth-order valence-corrected chi connectivity index (χ4v) is 4.11. The number of carbonyl (C=O) groups excluding carboxylic acids is 1. The topological polar surface area (TPSA) is 41.6 Å². The summed E-state index contributed by atoms with van der Waals surface area (Å²) in [4.78, 5) is 15.3. The average molecular weight is 359 g/mol. The summed E-state index contributed by atoms with van der Waals surface area (Å²) in [5.74, 6) is -0.0932. The molecule has 4 nitrogen and oxygen atoms in total. The van der Waals surface area contributed by atoms with Crippen molar-refractivity contribution >= 4 is 5.97 Å². The van der Waals surface area contributed by atoms with Gasteiger partial charge in [-0.25, -0.2) is 0 Å². The highest BCUT2D eigenvalue weighted by Crippen LogP contribution is 2.24. The number of benzene rings is 1. The molecule has 0 bridgehead atoms. The van der Waals surface area contributed by atoms with E-state index < -0.39 is 5.60 Å². The van der Waals surface area contributed by atoms with Crippen LogP contribution in [0.25, 0.3) is 0 Å². The molecule has 1 N–H and O–H groups in total. The van der Waals surface area contributed by atoms with Crippen molar-refractivity contribution in [1.82, 2.24) is 10.2 Å². The molecule has 1 fully saturated rings. The molecule has 1 saturated heterocycles. The molecule has 1 aromatic carbocycles. The van der Waals surface area contributed by atoms with Gasteiger partial charge in [0.25, 0.3) is 0 Å². The predicted molar refractivity (Wildman–Crippen MR) is 105 cm³/mol. The van der Waals surface area contributed by atoms with Crippen molar-refractivity contribution in [3.05, 3.63) is 34.9 Å². The SMILES string of the molecule is CC1CN([C@@H](Cc2ccc3c(c2)CCCC3)C(=O)OC(C)(C)C)CCN1. The summed E-state index contributed by atoms with van der Waals surface area (Å²) in [6, 6.07) is 7.01. The fourth-order valence-electron chi connectivity index (χ4n) is 4.11. The Kier molecular flexibility index (Phi) is 6.03. The summed E-state index contributed by atoms with van der Waals surface area (Å²) in [5.41, 5.74) is 3.77. The van der Waals surface area contributed by atoms with Crippen LogP contribution in [0.3, 0.4) is 0 Å². The number of fused-ring (bicyclic) bond motifs is 1. The van der Waals surface area contributed by atoms with Crippen molar-refractivity contribution in [1.29, 1.82) is 0 Å². The van der Waals surface area contributed by atoms with Crippen LogP contribution in [-0.2, 0) is 28.8 Å². The molecular weight excluding hydrogens is 324 g/mol. The first-order chi connectivity index (χ1) is 12.3. The summed E-state index contributed by atoms with van der Waals surface area (Å²) >= 11 is 0. The molecule has 1 aliphatic carbocycles. The normalized spacial score (nSPS) is 22.5. The first-order valence-corrected chi connectivity index (χ1v) is 10.1. The van der Waals surface area contributed by atoms with E-state index in [0.29, 0.717) is 6.04 Å². The van der Waals surface area contributed by atoms with Crippen molar-refractivity contribution in [2.75, 3.05) is 19.6 Å². The van der Waals surface area contributed by atoms with Crippen LogP contribution >= 0.6 is 0 Å². The second-order valence-electron chi connectivity index (χ2n) is 8.91. The highest BCUT2D eigenvalue weighted by atomic mass is 16.6. The Balaban J connectivity index is 1.79. The van der Waals surface area contributed by atoms with Crippen molar-refractivity contribution in [3.63, 3.8) is 0 Å². The van der Waals surface area contributed by atoms with E-state index in [2.05, 4.69) is 35.3 Å². The van der Waals surface area contributed by atoms with E-state index in [1.807, 2.05) is 20.8 Å². The van der Waals surface area contributed by atoms with Gasteiger partial charge >= 0.3 is 5.97 Å². The first kappa shape index (κ1) is 19.4. The molecule has 0 amide bonds. The van der Waals surface area contributed by atoms with Crippen molar-refractivity contribution in [3.8, 4) is 0 Å². The number of hydrogen-bond donors (Lipinski definition) is 1. The number of ether oxygens (including phenoxy) is 1. The van der Waals surface area contributed by atoms with E-state index in [-0.39, 0.29) is 12.0 Å². The Hall–Kier alpha value is -1.39. The number of hydrogen-bond acceptors (Lipinski definition) is 4. The quantitative estimate of drug-likeness (QED) is 0.840. The molecule has 1 aliphatic heterocycles. The molecule has 144 valence electrons. The Morgan fingerprint density at radius 3 is 2.69 bits per heavy atom. The third kappa shape index (κ3) is 5.08. The lowest BCUT2D eigenvalue weighted by molar-refractivity contribution is -0.162. The van der Waals surface area contributed by atoms with Gasteiger partial charge in [-0.3, -0.25) is 9.69 Å². The molecule has 2 atom stereocenters. The van der Waals surface area contributed by atoms with Crippen LogP contribution in [0.5, 0.6) is 0 Å². The maximum atomic E-state index is 13.0. The average Bonchev–Trinajstić information content (AvgIpc) is 2.58.